The number of hydrogen-bond donors (Lipinski definition) is 1. The van der Waals surface area contributed by atoms with Crippen molar-refractivity contribution in [3.63, 3.8) is 0 Å². The lowest BCUT2D eigenvalue weighted by Crippen LogP contribution is -2.61. The highest BCUT2D eigenvalue weighted by Gasteiger charge is 2.65. The Kier molecular flexibility index (Phi) is 5.91. The number of rotatable bonds is 0. The number of fused-ring (bicyclic) bond motifs is 7. The summed E-state index contributed by atoms with van der Waals surface area (Å²) in [6, 6.07) is 0. The Bertz CT molecular complexity index is 690. The molecule has 5 fully saturated rings. The van der Waals surface area contributed by atoms with Gasteiger partial charge in [0, 0.05) is 4.75 Å². The minimum absolute atomic E-state index is 0.337. The second-order valence-corrected chi connectivity index (χ2v) is 13.8. The van der Waals surface area contributed by atoms with E-state index < -0.39 is 0 Å². The van der Waals surface area contributed by atoms with Gasteiger partial charge in [0.2, 0.25) is 0 Å². The molecule has 5 aliphatic carbocycles. The topological polar surface area (TPSA) is 0 Å². The maximum absolute atomic E-state index is 5.28. The van der Waals surface area contributed by atoms with E-state index in [2.05, 4.69) is 40.9 Å². The molecule has 1 heteroatoms. The van der Waals surface area contributed by atoms with Crippen molar-refractivity contribution in [3.05, 3.63) is 24.8 Å². The largest absolute Gasteiger partial charge is 0.172 e. The SMILES string of the molecule is C=C1CCC2(C)C(CCC3(C)C4CCC5(S)CCC[C@@H]5C4CCC32)C1(C)C.C=CC. The van der Waals surface area contributed by atoms with Crippen LogP contribution in [0.1, 0.15) is 105 Å². The molecule has 0 heterocycles. The number of hydrogen-bond acceptors (Lipinski definition) is 1. The molecule has 5 saturated carbocycles. The van der Waals surface area contributed by atoms with Crippen LogP contribution in [0.3, 0.4) is 0 Å². The van der Waals surface area contributed by atoms with E-state index in [9.17, 15) is 0 Å². The normalized spacial score (nSPS) is 51.4. The third-order valence-electron chi connectivity index (χ3n) is 11.5. The quantitative estimate of drug-likeness (QED) is 0.289. The van der Waals surface area contributed by atoms with E-state index in [0.29, 0.717) is 21.0 Å². The third-order valence-corrected chi connectivity index (χ3v) is 12.3. The van der Waals surface area contributed by atoms with Crippen LogP contribution in [0.4, 0.5) is 0 Å². The molecule has 0 N–H and O–H groups in total. The van der Waals surface area contributed by atoms with E-state index in [-0.39, 0.29) is 0 Å². The van der Waals surface area contributed by atoms with Crippen molar-refractivity contribution < 1.29 is 0 Å². The van der Waals surface area contributed by atoms with E-state index in [1.165, 1.54) is 76.2 Å². The predicted octanol–water partition coefficient (Wildman–Crippen LogP) is 8.88. The van der Waals surface area contributed by atoms with Crippen LogP contribution in [-0.2, 0) is 0 Å². The summed E-state index contributed by atoms with van der Waals surface area (Å²) in [6.45, 7) is 20.2. The standard InChI is InChI=1S/C26H42S.C3H6/c1-17-10-14-25(5)21(23(17,2)3)12-15-24(4)19-11-16-26(27)13-6-7-20(26)18(19)8-9-22(24)25;1-3-2/h18-22,27H,1,6-16H2,2-5H3;3H,1H2,2H3/t18?,19?,20-,21?,22?,24?,25?,26?;/m1./s1. The molecule has 170 valence electrons. The van der Waals surface area contributed by atoms with Gasteiger partial charge < -0.3 is 0 Å². The Morgan fingerprint density at radius 3 is 2.23 bits per heavy atom. The lowest BCUT2D eigenvalue weighted by atomic mass is 9.36. The first kappa shape index (κ1) is 23.0. The molecule has 0 nitrogen and oxygen atoms in total. The van der Waals surface area contributed by atoms with E-state index in [0.717, 1.165) is 29.6 Å². The molecule has 0 amide bonds. The molecule has 0 aromatic carbocycles. The summed E-state index contributed by atoms with van der Waals surface area (Å²) in [4.78, 5) is 0. The molecule has 0 saturated heterocycles. The van der Waals surface area contributed by atoms with Gasteiger partial charge in [-0.3, -0.25) is 0 Å². The average molecular weight is 429 g/mol. The zero-order valence-corrected chi connectivity index (χ0v) is 21.5. The molecular formula is C29H48S. The maximum atomic E-state index is 5.28. The van der Waals surface area contributed by atoms with E-state index >= 15 is 0 Å². The number of thiol groups is 1. The van der Waals surface area contributed by atoms with Crippen LogP contribution in [-0.4, -0.2) is 4.75 Å². The first-order chi connectivity index (χ1) is 14.0. The van der Waals surface area contributed by atoms with Gasteiger partial charge in [0.05, 0.1) is 0 Å². The smallest absolute Gasteiger partial charge is 0.0161 e. The van der Waals surface area contributed by atoms with Crippen molar-refractivity contribution in [1.29, 1.82) is 0 Å². The molecule has 0 radical (unpaired) electrons. The summed E-state index contributed by atoms with van der Waals surface area (Å²) >= 11 is 5.28. The molecule has 5 rings (SSSR count). The van der Waals surface area contributed by atoms with Gasteiger partial charge in [-0.05, 0) is 117 Å². The summed E-state index contributed by atoms with van der Waals surface area (Å²) < 4.78 is 0.399. The molecule has 0 bridgehead atoms. The second-order valence-electron chi connectivity index (χ2n) is 12.9. The molecule has 7 unspecified atom stereocenters. The van der Waals surface area contributed by atoms with Gasteiger partial charge >= 0.3 is 0 Å². The summed E-state index contributed by atoms with van der Waals surface area (Å²) in [5.41, 5.74) is 2.99. The summed E-state index contributed by atoms with van der Waals surface area (Å²) in [5.74, 6) is 4.66. The Balaban J connectivity index is 0.000000687. The average Bonchev–Trinajstić information content (AvgIpc) is 3.07. The van der Waals surface area contributed by atoms with Crippen molar-refractivity contribution in [1.82, 2.24) is 0 Å². The maximum Gasteiger partial charge on any atom is 0.0161 e. The van der Waals surface area contributed by atoms with E-state index in [4.69, 9.17) is 12.6 Å². The molecule has 30 heavy (non-hydrogen) atoms. The van der Waals surface area contributed by atoms with Crippen LogP contribution in [0.2, 0.25) is 0 Å². The third kappa shape index (κ3) is 3.14. The van der Waals surface area contributed by atoms with Gasteiger partial charge in [0.25, 0.3) is 0 Å². The zero-order valence-electron chi connectivity index (χ0n) is 20.6. The van der Waals surface area contributed by atoms with Crippen molar-refractivity contribution in [2.75, 3.05) is 0 Å². The van der Waals surface area contributed by atoms with Gasteiger partial charge in [-0.1, -0.05) is 52.3 Å². The highest BCUT2D eigenvalue weighted by Crippen LogP contribution is 2.72. The fourth-order valence-corrected chi connectivity index (χ4v) is 10.7. The van der Waals surface area contributed by atoms with Crippen LogP contribution < -0.4 is 0 Å². The van der Waals surface area contributed by atoms with Crippen molar-refractivity contribution >= 4 is 12.6 Å². The van der Waals surface area contributed by atoms with Gasteiger partial charge in [0.15, 0.2) is 0 Å². The van der Waals surface area contributed by atoms with Gasteiger partial charge in [-0.2, -0.15) is 12.6 Å². The molecule has 0 spiro atoms. The predicted molar refractivity (Wildman–Crippen MR) is 135 cm³/mol. The highest BCUT2D eigenvalue weighted by atomic mass is 32.1. The Labute approximate surface area is 193 Å². The lowest BCUT2D eigenvalue weighted by Gasteiger charge is -2.68. The van der Waals surface area contributed by atoms with Crippen LogP contribution in [0.5, 0.6) is 0 Å². The summed E-state index contributed by atoms with van der Waals surface area (Å²) in [6.07, 6.45) is 17.5. The van der Waals surface area contributed by atoms with E-state index in [1.807, 2.05) is 6.92 Å². The van der Waals surface area contributed by atoms with Crippen LogP contribution >= 0.6 is 12.6 Å². The fraction of sp³-hybridized carbons (Fsp3) is 0.862. The molecule has 5 aliphatic rings. The van der Waals surface area contributed by atoms with Crippen LogP contribution in [0.15, 0.2) is 24.8 Å². The molecule has 8 atom stereocenters. The van der Waals surface area contributed by atoms with Crippen LogP contribution in [0.25, 0.3) is 0 Å². The van der Waals surface area contributed by atoms with Gasteiger partial charge in [-0.15, -0.1) is 6.58 Å². The van der Waals surface area contributed by atoms with E-state index in [1.54, 1.807) is 6.08 Å². The summed E-state index contributed by atoms with van der Waals surface area (Å²) in [7, 11) is 0. The molecule has 0 aromatic heterocycles. The highest BCUT2D eigenvalue weighted by molar-refractivity contribution is 7.81. The Hall–Kier alpha value is -0.170. The second kappa shape index (κ2) is 7.71. The molecule has 0 aliphatic heterocycles. The fourth-order valence-electron chi connectivity index (χ4n) is 10.1. The van der Waals surface area contributed by atoms with Crippen LogP contribution in [0, 0.1) is 45.8 Å². The summed E-state index contributed by atoms with van der Waals surface area (Å²) in [5, 5.41) is 0. The minimum Gasteiger partial charge on any atom is -0.172 e. The molecule has 0 aromatic rings. The monoisotopic (exact) mass is 428 g/mol. The Morgan fingerprint density at radius 1 is 0.833 bits per heavy atom. The number of allylic oxidation sites excluding steroid dienone is 2. The van der Waals surface area contributed by atoms with Crippen molar-refractivity contribution in [2.24, 2.45) is 45.8 Å². The van der Waals surface area contributed by atoms with Crippen molar-refractivity contribution in [3.8, 4) is 0 Å². The van der Waals surface area contributed by atoms with Gasteiger partial charge in [-0.25, -0.2) is 0 Å². The van der Waals surface area contributed by atoms with Crippen molar-refractivity contribution in [2.45, 2.75) is 110 Å². The Morgan fingerprint density at radius 2 is 1.53 bits per heavy atom. The molecular weight excluding hydrogens is 380 g/mol. The lowest BCUT2D eigenvalue weighted by molar-refractivity contribution is -0.177. The van der Waals surface area contributed by atoms with Gasteiger partial charge in [0.1, 0.15) is 0 Å². The minimum atomic E-state index is 0.337. The zero-order chi connectivity index (χ0) is 21.9. The first-order valence-electron chi connectivity index (χ1n) is 13.0. The first-order valence-corrected chi connectivity index (χ1v) is 13.5.